The highest BCUT2D eigenvalue weighted by Gasteiger charge is 2.36. The molecule has 1 aromatic rings. The lowest BCUT2D eigenvalue weighted by molar-refractivity contribution is 0.0695. The summed E-state index contributed by atoms with van der Waals surface area (Å²) in [5.74, 6) is 0.875. The lowest BCUT2D eigenvalue weighted by Crippen LogP contribution is -2.35. The number of aryl methyl sites for hydroxylation is 1. The molecule has 0 bridgehead atoms. The van der Waals surface area contributed by atoms with Gasteiger partial charge >= 0.3 is 5.97 Å². The van der Waals surface area contributed by atoms with Crippen molar-refractivity contribution in [3.8, 4) is 0 Å². The van der Waals surface area contributed by atoms with Crippen molar-refractivity contribution in [3.63, 3.8) is 0 Å². The number of nitrogens with zero attached hydrogens (tertiary/aromatic N) is 2. The van der Waals surface area contributed by atoms with Gasteiger partial charge in [-0.2, -0.15) is 0 Å². The van der Waals surface area contributed by atoms with Gasteiger partial charge in [0.15, 0.2) is 0 Å². The maximum atomic E-state index is 11.0. The molecule has 0 radical (unpaired) electrons. The molecule has 1 saturated carbocycles. The van der Waals surface area contributed by atoms with Gasteiger partial charge in [0, 0.05) is 12.6 Å². The van der Waals surface area contributed by atoms with Crippen LogP contribution in [0.25, 0.3) is 0 Å². The van der Waals surface area contributed by atoms with Crippen molar-refractivity contribution in [3.05, 3.63) is 23.4 Å². The van der Waals surface area contributed by atoms with Crippen molar-refractivity contribution < 1.29 is 9.90 Å². The molecule has 0 amide bonds. The zero-order valence-electron chi connectivity index (χ0n) is 11.3. The van der Waals surface area contributed by atoms with E-state index in [4.69, 9.17) is 5.11 Å². The highest BCUT2D eigenvalue weighted by Crippen LogP contribution is 2.38. The number of hydrogen-bond acceptors (Lipinski definition) is 3. The van der Waals surface area contributed by atoms with Gasteiger partial charge in [-0.1, -0.05) is 12.8 Å². The fraction of sp³-hybridized carbons (Fsp3) is 0.600. The van der Waals surface area contributed by atoms with Gasteiger partial charge < -0.3 is 10.0 Å². The number of aromatic nitrogens is 1. The van der Waals surface area contributed by atoms with E-state index in [0.717, 1.165) is 18.3 Å². The fourth-order valence-corrected chi connectivity index (χ4v) is 3.62. The summed E-state index contributed by atoms with van der Waals surface area (Å²) in [7, 11) is 0. The summed E-state index contributed by atoms with van der Waals surface area (Å²) in [5, 5.41) is 9.06. The maximum Gasteiger partial charge on any atom is 0.337 e. The van der Waals surface area contributed by atoms with Crippen LogP contribution in [0.15, 0.2) is 12.1 Å². The first-order valence-corrected chi connectivity index (χ1v) is 7.14. The van der Waals surface area contributed by atoms with Crippen molar-refractivity contribution >= 4 is 11.8 Å². The molecule has 4 heteroatoms. The third kappa shape index (κ3) is 2.20. The van der Waals surface area contributed by atoms with Gasteiger partial charge in [0.05, 0.1) is 11.3 Å². The van der Waals surface area contributed by atoms with Gasteiger partial charge in [0.2, 0.25) is 0 Å². The molecule has 1 saturated heterocycles. The van der Waals surface area contributed by atoms with Crippen LogP contribution in [-0.2, 0) is 0 Å². The van der Waals surface area contributed by atoms with Crippen LogP contribution in [0.4, 0.5) is 5.82 Å². The second-order valence-corrected chi connectivity index (χ2v) is 5.70. The summed E-state index contributed by atoms with van der Waals surface area (Å²) in [6.07, 6.45) is 6.52. The molecule has 1 aliphatic heterocycles. The van der Waals surface area contributed by atoms with Gasteiger partial charge in [-0.05, 0) is 44.2 Å². The first-order chi connectivity index (χ1) is 9.16. The van der Waals surface area contributed by atoms with Crippen LogP contribution in [0.2, 0.25) is 0 Å². The summed E-state index contributed by atoms with van der Waals surface area (Å²) >= 11 is 0. The van der Waals surface area contributed by atoms with Crippen LogP contribution < -0.4 is 4.90 Å². The Labute approximate surface area is 113 Å². The Kier molecular flexibility index (Phi) is 3.17. The summed E-state index contributed by atoms with van der Waals surface area (Å²) in [5.41, 5.74) is 0.924. The molecule has 2 fully saturated rings. The van der Waals surface area contributed by atoms with Crippen molar-refractivity contribution in [2.75, 3.05) is 11.4 Å². The summed E-state index contributed by atoms with van der Waals surface area (Å²) < 4.78 is 0. The molecule has 2 aliphatic rings. The zero-order valence-corrected chi connectivity index (χ0v) is 11.3. The lowest BCUT2D eigenvalue weighted by Gasteiger charge is -2.32. The van der Waals surface area contributed by atoms with Crippen LogP contribution in [0.3, 0.4) is 0 Å². The van der Waals surface area contributed by atoms with E-state index in [-0.39, 0.29) is 0 Å². The number of carboxylic acid groups (broad SMARTS) is 1. The van der Waals surface area contributed by atoms with Gasteiger partial charge in [0.25, 0.3) is 0 Å². The average molecular weight is 260 g/mol. The Morgan fingerprint density at radius 3 is 2.84 bits per heavy atom. The molecule has 0 aromatic carbocycles. The molecular formula is C15H20N2O2. The summed E-state index contributed by atoms with van der Waals surface area (Å²) in [6, 6.07) is 4.18. The number of fused-ring (bicyclic) bond motifs is 1. The summed E-state index contributed by atoms with van der Waals surface area (Å²) in [4.78, 5) is 17.9. The van der Waals surface area contributed by atoms with Gasteiger partial charge in [0.1, 0.15) is 5.82 Å². The maximum absolute atomic E-state index is 11.0. The Bertz CT molecular complexity index is 501. The molecule has 3 rings (SSSR count). The number of hydrogen-bond donors (Lipinski definition) is 1. The van der Waals surface area contributed by atoms with E-state index in [0.29, 0.717) is 17.3 Å². The number of pyridine rings is 1. The largest absolute Gasteiger partial charge is 0.478 e. The van der Waals surface area contributed by atoms with Crippen molar-refractivity contribution in [1.29, 1.82) is 0 Å². The van der Waals surface area contributed by atoms with Crippen molar-refractivity contribution in [2.45, 2.75) is 45.1 Å². The van der Waals surface area contributed by atoms with E-state index in [1.807, 2.05) is 6.07 Å². The Morgan fingerprint density at radius 1 is 1.32 bits per heavy atom. The topological polar surface area (TPSA) is 53.4 Å². The first kappa shape index (κ1) is 12.5. The molecule has 0 spiro atoms. The molecule has 19 heavy (non-hydrogen) atoms. The normalized spacial score (nSPS) is 26.3. The molecule has 2 heterocycles. The number of anilines is 1. The van der Waals surface area contributed by atoms with Crippen molar-refractivity contribution in [1.82, 2.24) is 4.98 Å². The quantitative estimate of drug-likeness (QED) is 0.888. The van der Waals surface area contributed by atoms with Gasteiger partial charge in [-0.25, -0.2) is 9.78 Å². The second-order valence-electron chi connectivity index (χ2n) is 5.70. The molecular weight excluding hydrogens is 240 g/mol. The molecule has 4 nitrogen and oxygen atoms in total. The average Bonchev–Trinajstić information content (AvgIpc) is 2.82. The van der Waals surface area contributed by atoms with E-state index in [1.54, 1.807) is 13.0 Å². The predicted octanol–water partition coefficient (Wildman–Crippen LogP) is 2.86. The minimum atomic E-state index is -0.895. The third-order valence-corrected chi connectivity index (χ3v) is 4.61. The molecule has 1 aromatic heterocycles. The number of carbonyl (C=O) groups is 1. The number of carboxylic acids is 1. The molecule has 1 aliphatic carbocycles. The Morgan fingerprint density at radius 2 is 2.11 bits per heavy atom. The Balaban J connectivity index is 1.86. The molecule has 2 unspecified atom stereocenters. The number of aromatic carboxylic acids is 1. The highest BCUT2D eigenvalue weighted by molar-refractivity contribution is 5.89. The third-order valence-electron chi connectivity index (χ3n) is 4.61. The highest BCUT2D eigenvalue weighted by atomic mass is 16.4. The van der Waals surface area contributed by atoms with Crippen molar-refractivity contribution in [2.24, 2.45) is 5.92 Å². The predicted molar refractivity (Wildman–Crippen MR) is 73.6 cm³/mol. The van der Waals surface area contributed by atoms with Crippen LogP contribution in [0.1, 0.15) is 48.2 Å². The zero-order chi connectivity index (χ0) is 13.4. The van der Waals surface area contributed by atoms with Gasteiger partial charge in [-0.3, -0.25) is 0 Å². The number of rotatable bonds is 2. The first-order valence-electron chi connectivity index (χ1n) is 7.14. The van der Waals surface area contributed by atoms with Crippen LogP contribution in [0, 0.1) is 12.8 Å². The lowest BCUT2D eigenvalue weighted by atomic mass is 9.85. The van der Waals surface area contributed by atoms with E-state index in [9.17, 15) is 4.79 Å². The van der Waals surface area contributed by atoms with Crippen LogP contribution in [0.5, 0.6) is 0 Å². The van der Waals surface area contributed by atoms with Crippen LogP contribution >= 0.6 is 0 Å². The Hall–Kier alpha value is -1.58. The minimum Gasteiger partial charge on any atom is -0.478 e. The second kappa shape index (κ2) is 4.83. The van der Waals surface area contributed by atoms with E-state index in [1.165, 1.54) is 32.1 Å². The molecule has 102 valence electrons. The standard InChI is InChI=1S/C15H20N2O2/c1-10-12(15(18)19)6-7-14(16-10)17-9-8-11-4-2-3-5-13(11)17/h6-7,11,13H,2-5,8-9H2,1H3,(H,18,19). The smallest absolute Gasteiger partial charge is 0.337 e. The fourth-order valence-electron chi connectivity index (χ4n) is 3.62. The van der Waals surface area contributed by atoms with E-state index >= 15 is 0 Å². The van der Waals surface area contributed by atoms with Crippen LogP contribution in [-0.4, -0.2) is 28.6 Å². The molecule has 2 atom stereocenters. The van der Waals surface area contributed by atoms with E-state index < -0.39 is 5.97 Å². The SMILES string of the molecule is Cc1nc(N2CCC3CCCCC32)ccc1C(=O)O. The summed E-state index contributed by atoms with van der Waals surface area (Å²) in [6.45, 7) is 2.84. The molecule has 1 N–H and O–H groups in total. The minimum absolute atomic E-state index is 0.308. The van der Waals surface area contributed by atoms with Gasteiger partial charge in [-0.15, -0.1) is 0 Å². The monoisotopic (exact) mass is 260 g/mol. The van der Waals surface area contributed by atoms with E-state index in [2.05, 4.69) is 9.88 Å².